The van der Waals surface area contributed by atoms with Gasteiger partial charge in [-0.25, -0.2) is 0 Å². The summed E-state index contributed by atoms with van der Waals surface area (Å²) in [5, 5.41) is 9.05. The van der Waals surface area contributed by atoms with E-state index in [-0.39, 0.29) is 38.3 Å². The van der Waals surface area contributed by atoms with Crippen LogP contribution in [0.4, 0.5) is 0 Å². The topological polar surface area (TPSA) is 32.8 Å². The molecule has 1 heterocycles. The van der Waals surface area contributed by atoms with Crippen molar-refractivity contribution in [2.45, 2.75) is 19.6 Å². The maximum absolute atomic E-state index is 9.05. The lowest BCUT2D eigenvalue weighted by molar-refractivity contribution is -0.873. The number of nitrogens with zero attached hydrogens (tertiary/aromatic N) is 2. The Morgan fingerprint density at radius 2 is 1.50 bits per heavy atom. The average Bonchev–Trinajstić information content (AvgIpc) is 2.83. The number of aliphatic hydroxyl groups is 1. The number of aliphatic hydroxyl groups excluding tert-OH is 1. The van der Waals surface area contributed by atoms with E-state index in [4.69, 9.17) is 21.4 Å². The summed E-state index contributed by atoms with van der Waals surface area (Å²) < 4.78 is 6.85. The van der Waals surface area contributed by atoms with Gasteiger partial charge in [-0.05, 0) is 0 Å². The van der Waals surface area contributed by atoms with Crippen molar-refractivity contribution in [3.8, 4) is 0 Å². The minimum absolute atomic E-state index is 0. The Labute approximate surface area is 143 Å². The van der Waals surface area contributed by atoms with Gasteiger partial charge in [0, 0.05) is 0 Å². The molecule has 128 valence electrons. The van der Waals surface area contributed by atoms with Gasteiger partial charge in [0.2, 0.25) is 0 Å². The summed E-state index contributed by atoms with van der Waals surface area (Å²) in [6, 6.07) is 0. The molecule has 0 amide bonds. The van der Waals surface area contributed by atoms with Crippen molar-refractivity contribution in [1.82, 2.24) is 0 Å². The highest BCUT2D eigenvalue weighted by Crippen LogP contribution is 2.11. The number of epoxide rings is 1. The molecular weight excluding hydrogens is 323 g/mol. The molecular formula is C13H33Cl3N2O2. The Kier molecular flexibility index (Phi) is 17.7. The van der Waals surface area contributed by atoms with Crippen molar-refractivity contribution < 1.29 is 43.6 Å². The zero-order chi connectivity index (χ0) is 13.7. The fraction of sp³-hybridized carbons (Fsp3) is 1.00. The Morgan fingerprint density at radius 3 is 1.60 bits per heavy atom. The molecule has 0 radical (unpaired) electrons. The van der Waals surface area contributed by atoms with Crippen LogP contribution in [0.5, 0.6) is 0 Å². The first-order valence-electron chi connectivity index (χ1n) is 6.00. The van der Waals surface area contributed by atoms with E-state index in [1.807, 2.05) is 21.1 Å². The molecule has 1 N–H and O–H groups in total. The summed E-state index contributed by atoms with van der Waals surface area (Å²) >= 11 is 5.40. The number of quaternary nitrogens is 2. The van der Waals surface area contributed by atoms with Gasteiger partial charge in [0.05, 0.1) is 54.8 Å². The molecule has 20 heavy (non-hydrogen) atoms. The summed E-state index contributed by atoms with van der Waals surface area (Å²) in [5.74, 6) is 0.329. The van der Waals surface area contributed by atoms with Crippen LogP contribution in [-0.4, -0.2) is 94.1 Å². The number of hydrogen-bond donors (Lipinski definition) is 1. The molecule has 0 aromatic rings. The zero-order valence-electron chi connectivity index (χ0n) is 12.9. The molecule has 7 heteroatoms. The summed E-state index contributed by atoms with van der Waals surface area (Å²) in [4.78, 5) is 0. The summed E-state index contributed by atoms with van der Waals surface area (Å²) in [5.41, 5.74) is 0. The Hall–Kier alpha value is 0.710. The minimum Gasteiger partial charge on any atom is -1.00 e. The normalized spacial score (nSPS) is 18.3. The molecule has 0 aromatic carbocycles. The van der Waals surface area contributed by atoms with Crippen molar-refractivity contribution in [3.63, 3.8) is 0 Å². The van der Waals surface area contributed by atoms with E-state index in [2.05, 4.69) is 21.1 Å². The fourth-order valence-corrected chi connectivity index (χ4v) is 1.56. The van der Waals surface area contributed by atoms with Crippen LogP contribution in [0.15, 0.2) is 0 Å². The van der Waals surface area contributed by atoms with Gasteiger partial charge < -0.3 is 43.6 Å². The minimum atomic E-state index is -0.369. The van der Waals surface area contributed by atoms with Gasteiger partial charge >= 0.3 is 0 Å². The smallest absolute Gasteiger partial charge is 0.130 e. The summed E-state index contributed by atoms with van der Waals surface area (Å²) in [6.07, 6.45) is 0.196. The van der Waals surface area contributed by atoms with E-state index < -0.39 is 0 Å². The average molecular weight is 356 g/mol. The van der Waals surface area contributed by atoms with Gasteiger partial charge in [-0.1, -0.05) is 7.43 Å². The molecule has 2 atom stereocenters. The highest BCUT2D eigenvalue weighted by molar-refractivity contribution is 6.18. The third-order valence-corrected chi connectivity index (χ3v) is 2.45. The summed E-state index contributed by atoms with van der Waals surface area (Å²) in [6.45, 7) is 2.85. The van der Waals surface area contributed by atoms with Crippen molar-refractivity contribution >= 4 is 11.6 Å². The van der Waals surface area contributed by atoms with Crippen LogP contribution in [0.2, 0.25) is 0 Å². The standard InChI is InChI=1S/C6H15ClNO.C6H14NO.CH4.2ClH/c1-8(2,3)5-6(9)4-7;1-7(2,3)4-6-5-8-6;;;/h6,9H,4-5H2,1-3H3;6H,4-5H2,1-3H3;1H4;2*1H/q2*+1;;;/p-2. The Morgan fingerprint density at radius 1 is 1.10 bits per heavy atom. The second-order valence-electron chi connectivity index (χ2n) is 6.71. The predicted octanol–water partition coefficient (Wildman–Crippen LogP) is -4.97. The maximum atomic E-state index is 9.05. The first kappa shape index (κ1) is 28.8. The number of alkyl halides is 1. The molecule has 0 aromatic heterocycles. The van der Waals surface area contributed by atoms with Crippen LogP contribution in [0, 0.1) is 0 Å². The van der Waals surface area contributed by atoms with Gasteiger partial charge in [0.1, 0.15) is 25.3 Å². The molecule has 1 aliphatic heterocycles. The van der Waals surface area contributed by atoms with Crippen molar-refractivity contribution in [2.24, 2.45) is 0 Å². The van der Waals surface area contributed by atoms with Gasteiger partial charge in [-0.3, -0.25) is 0 Å². The fourth-order valence-electron chi connectivity index (χ4n) is 1.47. The summed E-state index contributed by atoms with van der Waals surface area (Å²) in [7, 11) is 12.6. The predicted molar refractivity (Wildman–Crippen MR) is 79.0 cm³/mol. The third-order valence-electron chi connectivity index (χ3n) is 2.09. The van der Waals surface area contributed by atoms with E-state index >= 15 is 0 Å². The molecule has 2 unspecified atom stereocenters. The van der Waals surface area contributed by atoms with Crippen LogP contribution < -0.4 is 24.8 Å². The number of rotatable bonds is 5. The largest absolute Gasteiger partial charge is 1.00 e. The lowest BCUT2D eigenvalue weighted by Crippen LogP contribution is -3.00. The van der Waals surface area contributed by atoms with Crippen LogP contribution in [0.25, 0.3) is 0 Å². The van der Waals surface area contributed by atoms with Crippen LogP contribution in [0.3, 0.4) is 0 Å². The molecule has 1 rings (SSSR count). The van der Waals surface area contributed by atoms with E-state index in [0.717, 1.165) is 22.1 Å². The number of hydrogen-bond acceptors (Lipinski definition) is 2. The van der Waals surface area contributed by atoms with Crippen molar-refractivity contribution in [1.29, 1.82) is 0 Å². The lowest BCUT2D eigenvalue weighted by Gasteiger charge is -2.25. The molecule has 1 aliphatic rings. The monoisotopic (exact) mass is 354 g/mol. The lowest BCUT2D eigenvalue weighted by atomic mass is 10.3. The first-order valence-corrected chi connectivity index (χ1v) is 6.53. The van der Waals surface area contributed by atoms with Gasteiger partial charge in [-0.2, -0.15) is 0 Å². The van der Waals surface area contributed by atoms with E-state index in [1.54, 1.807) is 0 Å². The SMILES string of the molecule is C.C[N+](C)(C)CC(O)CCl.C[N+](C)(C)CC1CO1.[Cl-].[Cl-]. The molecule has 1 saturated heterocycles. The Bertz CT molecular complexity index is 215. The zero-order valence-corrected chi connectivity index (χ0v) is 15.1. The van der Waals surface area contributed by atoms with E-state index in [9.17, 15) is 0 Å². The maximum Gasteiger partial charge on any atom is 0.130 e. The van der Waals surface area contributed by atoms with E-state index in [0.29, 0.717) is 18.5 Å². The van der Waals surface area contributed by atoms with Gasteiger partial charge in [0.25, 0.3) is 0 Å². The molecule has 0 spiro atoms. The number of ether oxygens (including phenoxy) is 1. The molecule has 0 saturated carbocycles. The molecule has 4 nitrogen and oxygen atoms in total. The molecule has 1 fully saturated rings. The first-order chi connectivity index (χ1) is 7.53. The molecule has 0 bridgehead atoms. The van der Waals surface area contributed by atoms with Crippen molar-refractivity contribution in [2.75, 3.05) is 67.9 Å². The van der Waals surface area contributed by atoms with Crippen LogP contribution in [-0.2, 0) is 4.74 Å². The number of halogens is 3. The van der Waals surface area contributed by atoms with Gasteiger partial charge in [-0.15, -0.1) is 11.6 Å². The van der Waals surface area contributed by atoms with Crippen LogP contribution in [0.1, 0.15) is 7.43 Å². The highest BCUT2D eigenvalue weighted by atomic mass is 35.5. The second-order valence-corrected chi connectivity index (χ2v) is 7.02. The second kappa shape index (κ2) is 12.3. The van der Waals surface area contributed by atoms with Gasteiger partial charge in [0.15, 0.2) is 0 Å². The molecule has 0 aliphatic carbocycles. The van der Waals surface area contributed by atoms with E-state index in [1.165, 1.54) is 0 Å². The highest BCUT2D eigenvalue weighted by Gasteiger charge is 2.28. The Balaban J connectivity index is -0.000000112. The third kappa shape index (κ3) is 23.8. The van der Waals surface area contributed by atoms with Crippen molar-refractivity contribution in [3.05, 3.63) is 0 Å². The van der Waals surface area contributed by atoms with Crippen LogP contribution >= 0.6 is 11.6 Å². The number of likely N-dealkylation sites (N-methyl/N-ethyl adjacent to an activating group) is 2. The quantitative estimate of drug-likeness (QED) is 0.304.